The SMILES string of the molecule is C=CCC.COC(=O)[C@@H]1C[C@H](NC(=O)c2ccc(C(=O)N[C@H]3C[C@@H](C(=O)OC)N(C(=O)[C@@H](NC(=O)[C@H](C)N(C)C(=O)OC(C)(C)C)C(C)(C)C)C3)cc2)CN1C(=O)[C@@H](NC(=O)[C@H](C)N(C)C(=O)OC(C)(C)C)C(C)(C)C.C[C@@H]1C[C@H](NC(=O)c2ccc(C(=O)N[C@H]3C[C@@H](C)N(C(=O)[C@@H](NC(=O)[C@H](C)N(C)C(=O)OC(C)(C)C)C(C)(C)C)C3)cc2)CN1C(=O)[C@@H](NC(=O)[C@H](C)N(C)C(=O)OC(C)(C)C)C(C)(C)C. The molecule has 4 aliphatic rings. The lowest BCUT2D eigenvalue weighted by Gasteiger charge is -2.36. The predicted octanol–water partition coefficient (Wildman–Crippen LogP) is 9.28. The monoisotopic (exact) mass is 2000 g/mol. The number of allylic oxidation sites excluding steroid dienone is 1. The van der Waals surface area contributed by atoms with Crippen LogP contribution in [0.25, 0.3) is 0 Å². The summed E-state index contributed by atoms with van der Waals surface area (Å²) in [5.41, 5.74) is -5.29. The zero-order valence-corrected chi connectivity index (χ0v) is 90.9. The Bertz CT molecular complexity index is 4540. The molecule has 6 rings (SSSR count). The van der Waals surface area contributed by atoms with E-state index in [1.165, 1.54) is 100 Å². The lowest BCUT2D eigenvalue weighted by molar-refractivity contribution is -0.153. The summed E-state index contributed by atoms with van der Waals surface area (Å²) in [5.74, 6) is -7.44. The molecular weight excluding hydrogens is 1830 g/mol. The fourth-order valence-corrected chi connectivity index (χ4v) is 15.6. The average molecular weight is 2000 g/mol. The second-order valence-electron chi connectivity index (χ2n) is 45.5. The minimum atomic E-state index is -1.16. The largest absolute Gasteiger partial charge is 0.467 e. The molecule has 40 heteroatoms. The van der Waals surface area contributed by atoms with Gasteiger partial charge in [0.15, 0.2) is 0 Å². The average Bonchev–Trinajstić information content (AvgIpc) is 1.64. The van der Waals surface area contributed by atoms with Crippen LogP contribution in [0.4, 0.5) is 19.2 Å². The van der Waals surface area contributed by atoms with Crippen LogP contribution in [-0.2, 0) is 76.4 Å². The second kappa shape index (κ2) is 49.7. The third kappa shape index (κ3) is 35.5. The van der Waals surface area contributed by atoms with E-state index >= 15 is 0 Å². The smallest absolute Gasteiger partial charge is 0.410 e. The Morgan fingerprint density at radius 3 is 0.683 bits per heavy atom. The van der Waals surface area contributed by atoms with Crippen molar-refractivity contribution in [1.82, 2.24) is 81.7 Å². The summed E-state index contributed by atoms with van der Waals surface area (Å²) in [5, 5.41) is 23.0. The molecule has 4 fully saturated rings. The van der Waals surface area contributed by atoms with Gasteiger partial charge < -0.3 is 90.6 Å². The number of rotatable bonds is 27. The lowest BCUT2D eigenvalue weighted by atomic mass is 9.85. The molecule has 4 heterocycles. The van der Waals surface area contributed by atoms with E-state index in [1.54, 1.807) is 173 Å². The summed E-state index contributed by atoms with van der Waals surface area (Å²) < 4.78 is 31.7. The van der Waals surface area contributed by atoms with Gasteiger partial charge in [-0.15, -0.1) is 6.58 Å². The first-order chi connectivity index (χ1) is 64.8. The van der Waals surface area contributed by atoms with E-state index in [-0.39, 0.29) is 97.9 Å². The maximum atomic E-state index is 14.3. The number of amides is 16. The molecular formula is C102H164N16O24. The topological polar surface area (TPSA) is 485 Å². The van der Waals surface area contributed by atoms with Crippen molar-refractivity contribution in [2.45, 2.75) is 366 Å². The molecule has 40 nitrogen and oxygen atoms in total. The normalized spacial score (nSPS) is 19.9. The van der Waals surface area contributed by atoms with Crippen molar-refractivity contribution in [2.24, 2.45) is 21.7 Å². The molecule has 2 aromatic carbocycles. The molecule has 0 radical (unpaired) electrons. The van der Waals surface area contributed by atoms with Gasteiger partial charge in [0.25, 0.3) is 23.6 Å². The number of likely N-dealkylation sites (tertiary alicyclic amines) is 4. The fourth-order valence-electron chi connectivity index (χ4n) is 15.6. The Kier molecular flexibility index (Phi) is 42.7. The fraction of sp³-hybridized carbons (Fsp3) is 0.686. The van der Waals surface area contributed by atoms with Gasteiger partial charge >= 0.3 is 36.3 Å². The predicted molar refractivity (Wildman–Crippen MR) is 534 cm³/mol. The molecule has 0 bridgehead atoms. The van der Waals surface area contributed by atoms with E-state index in [1.807, 2.05) is 61.5 Å². The molecule has 0 spiro atoms. The first-order valence-electron chi connectivity index (χ1n) is 48.3. The number of carbonyl (C=O) groups is 18. The van der Waals surface area contributed by atoms with Crippen molar-refractivity contribution >= 4 is 107 Å². The number of esters is 2. The number of methoxy groups -OCH3 is 2. The first-order valence-corrected chi connectivity index (χ1v) is 48.3. The number of likely N-dealkylation sites (N-methyl/N-ethyl adjacent to an activating group) is 4. The number of ether oxygens (including phenoxy) is 6. The number of nitrogens with zero attached hydrogens (tertiary/aromatic N) is 8. The second-order valence-corrected chi connectivity index (χ2v) is 45.5. The molecule has 4 saturated heterocycles. The Morgan fingerprint density at radius 1 is 0.338 bits per heavy atom. The molecule has 0 unspecified atom stereocenters. The molecule has 16 amide bonds. The van der Waals surface area contributed by atoms with Crippen LogP contribution in [0.15, 0.2) is 61.2 Å². The van der Waals surface area contributed by atoms with Crippen LogP contribution in [0.2, 0.25) is 0 Å². The Balaban J connectivity index is 0.000000572. The van der Waals surface area contributed by atoms with Crippen molar-refractivity contribution in [3.63, 3.8) is 0 Å². The van der Waals surface area contributed by atoms with E-state index in [9.17, 15) is 86.3 Å². The molecule has 142 heavy (non-hydrogen) atoms. The summed E-state index contributed by atoms with van der Waals surface area (Å²) in [4.78, 5) is 252. The van der Waals surface area contributed by atoms with E-state index in [0.717, 1.165) is 16.2 Å². The van der Waals surface area contributed by atoms with Crippen LogP contribution in [0, 0.1) is 21.7 Å². The van der Waals surface area contributed by atoms with Crippen LogP contribution < -0.4 is 42.5 Å². The van der Waals surface area contributed by atoms with Crippen molar-refractivity contribution in [2.75, 3.05) is 68.6 Å². The minimum Gasteiger partial charge on any atom is -0.467 e. The zero-order valence-electron chi connectivity index (χ0n) is 90.9. The summed E-state index contributed by atoms with van der Waals surface area (Å²) in [7, 11) is 8.09. The van der Waals surface area contributed by atoms with E-state index in [0.29, 0.717) is 24.0 Å². The van der Waals surface area contributed by atoms with Crippen LogP contribution in [0.1, 0.15) is 288 Å². The number of benzene rings is 2. The molecule has 0 saturated carbocycles. The van der Waals surface area contributed by atoms with Gasteiger partial charge in [-0.1, -0.05) is 96.1 Å². The van der Waals surface area contributed by atoms with Crippen LogP contribution in [0.3, 0.4) is 0 Å². The lowest BCUT2D eigenvalue weighted by Crippen LogP contribution is -2.59. The molecule has 0 aliphatic carbocycles. The molecule has 16 atom stereocenters. The van der Waals surface area contributed by atoms with Gasteiger partial charge in [0.1, 0.15) is 82.8 Å². The van der Waals surface area contributed by atoms with Crippen LogP contribution in [0.5, 0.6) is 0 Å². The van der Waals surface area contributed by atoms with E-state index in [2.05, 4.69) is 56.0 Å². The summed E-state index contributed by atoms with van der Waals surface area (Å²) >= 11 is 0. The highest BCUT2D eigenvalue weighted by Gasteiger charge is 2.51. The number of nitrogens with one attached hydrogen (secondary N) is 8. The first kappa shape index (κ1) is 122. The molecule has 0 aromatic heterocycles. The van der Waals surface area contributed by atoms with Crippen molar-refractivity contribution in [3.8, 4) is 0 Å². The van der Waals surface area contributed by atoms with Crippen LogP contribution >= 0.6 is 0 Å². The van der Waals surface area contributed by atoms with Gasteiger partial charge in [-0.3, -0.25) is 77.1 Å². The molecule has 796 valence electrons. The van der Waals surface area contributed by atoms with Crippen LogP contribution in [-0.4, -0.2) is 334 Å². The van der Waals surface area contributed by atoms with Gasteiger partial charge in [-0.05, 0) is 214 Å². The molecule has 4 aliphatic heterocycles. The summed E-state index contributed by atoms with van der Waals surface area (Å²) in [6, 6.07) is -1.14. The van der Waals surface area contributed by atoms with Crippen molar-refractivity contribution < 1.29 is 115 Å². The Labute approximate surface area is 839 Å². The number of hydrogen-bond donors (Lipinski definition) is 8. The Hall–Kier alpha value is -12.2. The maximum absolute atomic E-state index is 14.3. The van der Waals surface area contributed by atoms with Gasteiger partial charge in [-0.2, -0.15) is 0 Å². The number of hydrogen-bond acceptors (Lipinski definition) is 24. The van der Waals surface area contributed by atoms with Gasteiger partial charge in [0.05, 0.1) is 14.2 Å². The maximum Gasteiger partial charge on any atom is 0.410 e. The molecule has 8 N–H and O–H groups in total. The van der Waals surface area contributed by atoms with Gasteiger partial charge in [0.2, 0.25) is 47.3 Å². The van der Waals surface area contributed by atoms with Gasteiger partial charge in [-0.25, -0.2) is 28.8 Å². The standard InChI is InChI=1S/C50H78N8O14.C48H78N8O10.C4H8/c1-27(55(15)45(67)71-49(9,10)11)37(59)53-35(47(3,4)5)41(63)57-25-31(23-33(57)43(65)69-17)51-39(61)29-19-21-30(22-20-29)40(62)52-32-24-34(44(66)70-18)58(26-32)42(64)36(48(6,7)8)54-38(60)28(2)56(16)46(68)72-50(12,13)14;1-27-23-33(25-55(27)41(61)35(45(5,6)7)51-37(57)29(3)53(17)43(63)65-47(11,12)13)49-39(59)31-19-21-32(22-20-31)40(60)50-34-24-28(2)56(26-34)42(62)36(46(8,9)10)52-38(58)30(4)54(18)44(64)66-48(14,15)16;1-3-4-2/h19-22,27-28,31-36H,23-26H2,1-18H3,(H,51,61)(H,52,62)(H,53,59)(H,54,60);19-22,27-30,33-36H,23-26H2,1-18H3,(H,49,59)(H,50,60)(H,51,57)(H,52,58);3H,1,4H2,2H3/t27-,28-,31-,32-,33-,34-,35+,36+;27-,28-,29+,30+,33+,34+,35-,36-;/m01./s1. The third-order valence-corrected chi connectivity index (χ3v) is 24.4. The van der Waals surface area contributed by atoms with Crippen molar-refractivity contribution in [1.29, 1.82) is 0 Å². The zero-order chi connectivity index (χ0) is 109. The minimum absolute atomic E-state index is 0.00580. The Morgan fingerprint density at radius 2 is 0.514 bits per heavy atom. The number of carbonyl (C=O) groups excluding carboxylic acids is 18. The highest BCUT2D eigenvalue weighted by Crippen LogP contribution is 2.34. The highest BCUT2D eigenvalue weighted by atomic mass is 16.6. The quantitative estimate of drug-likeness (QED) is 0.0234. The highest BCUT2D eigenvalue weighted by molar-refractivity contribution is 6.01. The van der Waals surface area contributed by atoms with Gasteiger partial charge in [0, 0.05) is 126 Å². The summed E-state index contributed by atoms with van der Waals surface area (Å²) in [6.45, 7) is 57.7. The van der Waals surface area contributed by atoms with E-state index in [4.69, 9.17) is 28.4 Å². The van der Waals surface area contributed by atoms with E-state index < -0.39 is 200 Å². The van der Waals surface area contributed by atoms with Crippen molar-refractivity contribution in [3.05, 3.63) is 83.4 Å². The summed E-state index contributed by atoms with van der Waals surface area (Å²) in [6.07, 6.45) is 1.11. The molecule has 2 aromatic rings. The third-order valence-electron chi connectivity index (χ3n) is 24.4.